The monoisotopic (exact) mass is 635 g/mol. The molecule has 2 aliphatic rings. The first-order valence-electron chi connectivity index (χ1n) is 16.3. The minimum atomic E-state index is -0.922. The number of benzene rings is 2. The van der Waals surface area contributed by atoms with Crippen LogP contribution >= 0.6 is 0 Å². The van der Waals surface area contributed by atoms with Crippen LogP contribution in [0, 0.1) is 5.92 Å². The van der Waals surface area contributed by atoms with Gasteiger partial charge in [-0.1, -0.05) is 56.3 Å². The molecule has 11 nitrogen and oxygen atoms in total. The maximum Gasteiger partial charge on any atom is 0.255 e. The molecule has 1 fully saturated rings. The molecule has 0 aliphatic carbocycles. The molecule has 4 amide bonds. The quantitative estimate of drug-likeness (QED) is 0.457. The number of likely N-dealkylation sites (N-methyl/N-ethyl adjacent to an activating group) is 1. The fourth-order valence-electron chi connectivity index (χ4n) is 5.95. The number of ether oxygens (including phenoxy) is 2. The molecule has 0 spiro atoms. The van der Waals surface area contributed by atoms with Crippen LogP contribution in [-0.4, -0.2) is 117 Å². The van der Waals surface area contributed by atoms with Crippen molar-refractivity contribution in [2.45, 2.75) is 57.7 Å². The Morgan fingerprint density at radius 3 is 2.37 bits per heavy atom. The molecular weight excluding hydrogens is 586 g/mol. The van der Waals surface area contributed by atoms with Crippen LogP contribution in [0.15, 0.2) is 54.6 Å². The average molecular weight is 636 g/mol. The van der Waals surface area contributed by atoms with E-state index in [1.165, 1.54) is 0 Å². The van der Waals surface area contributed by atoms with E-state index < -0.39 is 18.0 Å². The number of piperazine rings is 1. The lowest BCUT2D eigenvalue weighted by Gasteiger charge is -2.36. The summed E-state index contributed by atoms with van der Waals surface area (Å²) in [6.45, 7) is 7.97. The third kappa shape index (κ3) is 9.77. The van der Waals surface area contributed by atoms with Gasteiger partial charge in [0.05, 0.1) is 18.2 Å². The highest BCUT2D eigenvalue weighted by Crippen LogP contribution is 2.22. The van der Waals surface area contributed by atoms with Gasteiger partial charge in [0.2, 0.25) is 17.7 Å². The van der Waals surface area contributed by atoms with Crippen LogP contribution in [0.5, 0.6) is 5.75 Å². The highest BCUT2D eigenvalue weighted by molar-refractivity contribution is 6.00. The molecule has 0 saturated carbocycles. The molecule has 3 atom stereocenters. The lowest BCUT2D eigenvalue weighted by atomic mass is 10.00. The van der Waals surface area contributed by atoms with Crippen molar-refractivity contribution in [1.82, 2.24) is 25.3 Å². The number of hydrogen-bond donors (Lipinski definition) is 2. The first-order valence-corrected chi connectivity index (χ1v) is 16.3. The number of fused-ring (bicyclic) bond motifs is 1. The average Bonchev–Trinajstić information content (AvgIpc) is 3.06. The van der Waals surface area contributed by atoms with Gasteiger partial charge in [0.1, 0.15) is 24.4 Å². The molecule has 0 unspecified atom stereocenters. The molecule has 2 heterocycles. The lowest BCUT2D eigenvalue weighted by Crippen LogP contribution is -2.55. The van der Waals surface area contributed by atoms with E-state index in [0.717, 1.165) is 12.1 Å². The van der Waals surface area contributed by atoms with Gasteiger partial charge in [0.25, 0.3) is 5.91 Å². The van der Waals surface area contributed by atoms with Crippen LogP contribution in [0.1, 0.15) is 49.0 Å². The van der Waals surface area contributed by atoms with Gasteiger partial charge in [-0.25, -0.2) is 0 Å². The maximum atomic E-state index is 14.0. The Bertz CT molecular complexity index is 1310. The largest absolute Gasteiger partial charge is 0.491 e. The number of hydrogen-bond acceptors (Lipinski definition) is 7. The molecule has 46 heavy (non-hydrogen) atoms. The minimum Gasteiger partial charge on any atom is -0.491 e. The van der Waals surface area contributed by atoms with Crippen molar-refractivity contribution in [3.8, 4) is 5.75 Å². The summed E-state index contributed by atoms with van der Waals surface area (Å²) in [5.74, 6) is -0.716. The van der Waals surface area contributed by atoms with Crippen LogP contribution in [0.4, 0.5) is 0 Å². The van der Waals surface area contributed by atoms with Gasteiger partial charge in [-0.2, -0.15) is 0 Å². The molecule has 0 radical (unpaired) electrons. The van der Waals surface area contributed by atoms with Crippen LogP contribution in [0.2, 0.25) is 0 Å². The maximum absolute atomic E-state index is 14.0. The molecule has 2 aliphatic heterocycles. The van der Waals surface area contributed by atoms with Gasteiger partial charge in [0.15, 0.2) is 0 Å². The number of amides is 4. The summed E-state index contributed by atoms with van der Waals surface area (Å²) >= 11 is 0. The summed E-state index contributed by atoms with van der Waals surface area (Å²) in [5, 5.41) is 5.86. The van der Waals surface area contributed by atoms with Crippen molar-refractivity contribution in [2.24, 2.45) is 5.92 Å². The predicted molar refractivity (Wildman–Crippen MR) is 175 cm³/mol. The van der Waals surface area contributed by atoms with Gasteiger partial charge in [-0.3, -0.25) is 24.1 Å². The molecular formula is C35H49N5O6. The third-order valence-corrected chi connectivity index (χ3v) is 8.67. The SMILES string of the molecule is COCCN1CCN(C(=O)[C@@H]2CCC(=O)N[C@@H](CC(C)C)C(=O)N(C)[C@H](Cc3ccccc3)COc3ccccc3C(=O)N2)CC1. The highest BCUT2D eigenvalue weighted by Gasteiger charge is 2.33. The normalized spacial score (nSPS) is 22.3. The zero-order chi connectivity index (χ0) is 33.1. The van der Waals surface area contributed by atoms with Crippen LogP contribution in [0.25, 0.3) is 0 Å². The number of carbonyl (C=O) groups is 4. The third-order valence-electron chi connectivity index (χ3n) is 8.67. The summed E-state index contributed by atoms with van der Waals surface area (Å²) in [4.78, 5) is 60.4. The number of nitrogens with one attached hydrogen (secondary N) is 2. The number of para-hydroxylation sites is 1. The van der Waals surface area contributed by atoms with Gasteiger partial charge < -0.3 is 29.9 Å². The smallest absolute Gasteiger partial charge is 0.255 e. The van der Waals surface area contributed by atoms with E-state index >= 15 is 0 Å². The summed E-state index contributed by atoms with van der Waals surface area (Å²) in [5.41, 5.74) is 1.32. The molecule has 2 N–H and O–H groups in total. The molecule has 0 aromatic heterocycles. The van der Waals surface area contributed by atoms with Crippen molar-refractivity contribution in [3.05, 3.63) is 65.7 Å². The van der Waals surface area contributed by atoms with E-state index in [9.17, 15) is 19.2 Å². The first kappa shape index (κ1) is 34.9. The van der Waals surface area contributed by atoms with Crippen molar-refractivity contribution in [1.29, 1.82) is 0 Å². The number of methoxy groups -OCH3 is 1. The standard InChI is InChI=1S/C35H49N5O6/c1-25(2)22-30-34(43)38(3)27(23-26-10-6-5-7-11-26)24-46-31-13-9-8-12-28(31)33(42)37-29(14-15-32(41)36-30)35(44)40-18-16-39(17-19-40)20-21-45-4/h5-13,25,27,29-30H,14-24H2,1-4H3,(H,36,41)(H,37,42)/t27-,29+,30+/m1/s1. The van der Waals surface area contributed by atoms with Crippen molar-refractivity contribution < 1.29 is 28.7 Å². The minimum absolute atomic E-state index is 0.0261. The van der Waals surface area contributed by atoms with Crippen molar-refractivity contribution in [2.75, 3.05) is 60.1 Å². The molecule has 250 valence electrons. The van der Waals surface area contributed by atoms with Gasteiger partial charge in [-0.15, -0.1) is 0 Å². The second-order valence-corrected chi connectivity index (χ2v) is 12.6. The topological polar surface area (TPSA) is 121 Å². The Hall–Kier alpha value is -3.96. The molecule has 0 bridgehead atoms. The Balaban J connectivity index is 1.61. The fraction of sp³-hybridized carbons (Fsp3) is 0.543. The van der Waals surface area contributed by atoms with Crippen molar-refractivity contribution >= 4 is 23.6 Å². The Kier molecular flexibility index (Phi) is 13.0. The van der Waals surface area contributed by atoms with Crippen molar-refractivity contribution in [3.63, 3.8) is 0 Å². The Morgan fingerprint density at radius 1 is 0.978 bits per heavy atom. The second kappa shape index (κ2) is 17.1. The first-order chi connectivity index (χ1) is 22.2. The summed E-state index contributed by atoms with van der Waals surface area (Å²) < 4.78 is 11.5. The van der Waals surface area contributed by atoms with E-state index in [1.807, 2.05) is 44.2 Å². The summed E-state index contributed by atoms with van der Waals surface area (Å²) in [7, 11) is 3.40. The zero-order valence-electron chi connectivity index (χ0n) is 27.6. The molecule has 4 rings (SSSR count). The van der Waals surface area contributed by atoms with E-state index in [1.54, 1.807) is 48.2 Å². The Morgan fingerprint density at radius 2 is 1.67 bits per heavy atom. The number of nitrogens with zero attached hydrogens (tertiary/aromatic N) is 3. The second-order valence-electron chi connectivity index (χ2n) is 12.6. The van der Waals surface area contributed by atoms with E-state index in [-0.39, 0.29) is 54.7 Å². The van der Waals surface area contributed by atoms with Crippen LogP contribution in [0.3, 0.4) is 0 Å². The predicted octanol–water partition coefficient (Wildman–Crippen LogP) is 2.35. The Labute approximate surface area is 272 Å². The number of carbonyl (C=O) groups excluding carboxylic acids is 4. The van der Waals surface area contributed by atoms with Gasteiger partial charge in [0, 0.05) is 53.3 Å². The lowest BCUT2D eigenvalue weighted by molar-refractivity contribution is -0.138. The van der Waals surface area contributed by atoms with Crippen LogP contribution in [-0.2, 0) is 25.5 Å². The van der Waals surface area contributed by atoms with Gasteiger partial charge >= 0.3 is 0 Å². The molecule has 11 heteroatoms. The van der Waals surface area contributed by atoms with Gasteiger partial charge in [-0.05, 0) is 42.9 Å². The molecule has 2 aromatic rings. The zero-order valence-corrected chi connectivity index (χ0v) is 27.6. The van der Waals surface area contributed by atoms with E-state index in [2.05, 4.69) is 15.5 Å². The summed E-state index contributed by atoms with van der Waals surface area (Å²) in [6.07, 6.45) is 1.05. The molecule has 1 saturated heterocycles. The summed E-state index contributed by atoms with van der Waals surface area (Å²) in [6, 6.07) is 14.7. The van der Waals surface area contributed by atoms with Crippen LogP contribution < -0.4 is 15.4 Å². The fourth-order valence-corrected chi connectivity index (χ4v) is 5.95. The van der Waals surface area contributed by atoms with E-state index in [0.29, 0.717) is 51.4 Å². The van der Waals surface area contributed by atoms with E-state index in [4.69, 9.17) is 9.47 Å². The highest BCUT2D eigenvalue weighted by atomic mass is 16.5. The number of rotatable bonds is 8. The molecule has 2 aromatic carbocycles.